The second-order valence-electron chi connectivity index (χ2n) is 23.1. The molecule has 7 heterocycles. The summed E-state index contributed by atoms with van der Waals surface area (Å²) in [5.74, 6) is 0. The monoisotopic (exact) mass is 1070 g/mol. The number of pyridine rings is 4. The average Bonchev–Trinajstić information content (AvgIpc) is 3.95. The quantitative estimate of drug-likeness (QED) is 0.125. The topological polar surface area (TPSA) is 107 Å². The van der Waals surface area contributed by atoms with Gasteiger partial charge in [0.25, 0.3) is 0 Å². The van der Waals surface area contributed by atoms with Gasteiger partial charge in [-0.2, -0.15) is 0 Å². The first-order valence-electron chi connectivity index (χ1n) is 26.1. The molecule has 14 heteroatoms. The van der Waals surface area contributed by atoms with Gasteiger partial charge in [0.15, 0.2) is 0 Å². The third kappa shape index (κ3) is 9.29. The molecule has 4 aromatic heterocycles. The van der Waals surface area contributed by atoms with Crippen LogP contribution in [-0.4, -0.2) is 74.9 Å². The highest BCUT2D eigenvalue weighted by Crippen LogP contribution is 2.40. The van der Waals surface area contributed by atoms with E-state index in [0.717, 1.165) is 75.6 Å². The highest BCUT2D eigenvalue weighted by molar-refractivity contribution is 9.10. The maximum Gasteiger partial charge on any atom is 0.494 e. The van der Waals surface area contributed by atoms with Gasteiger partial charge in [-0.15, -0.1) is 0 Å². The molecule has 382 valence electrons. The molecule has 0 saturated carbocycles. The lowest BCUT2D eigenvalue weighted by Gasteiger charge is -2.32. The summed E-state index contributed by atoms with van der Waals surface area (Å²) >= 11 is 3.50. The molecule has 3 aliphatic rings. The Morgan fingerprint density at radius 3 is 1.09 bits per heavy atom. The summed E-state index contributed by atoms with van der Waals surface area (Å²) < 4.78 is 38.1. The lowest BCUT2D eigenvalue weighted by molar-refractivity contribution is 0.00578. The van der Waals surface area contributed by atoms with Crippen molar-refractivity contribution in [3.05, 3.63) is 163 Å². The number of benzene rings is 6. The number of fused-ring (bicyclic) bond motifs is 12. The van der Waals surface area contributed by atoms with Crippen LogP contribution in [0.25, 0.3) is 76.3 Å². The summed E-state index contributed by atoms with van der Waals surface area (Å²) in [6.45, 7) is 24.8. The van der Waals surface area contributed by atoms with Gasteiger partial charge >= 0.3 is 21.4 Å². The summed E-state index contributed by atoms with van der Waals surface area (Å²) in [5, 5.41) is 9.34. The van der Waals surface area contributed by atoms with E-state index in [1.165, 1.54) is 21.5 Å². The van der Waals surface area contributed by atoms with Crippen LogP contribution < -0.4 is 16.4 Å². The number of hydrogen-bond donors (Lipinski definition) is 0. The van der Waals surface area contributed by atoms with Gasteiger partial charge in [-0.05, 0) is 167 Å². The predicted molar refractivity (Wildman–Crippen MR) is 316 cm³/mol. The van der Waals surface area contributed by atoms with Gasteiger partial charge in [0.2, 0.25) is 0 Å². The molecule has 0 spiro atoms. The SMILES string of the molecule is Brc1cnc2c(c1)c1ccccc1c1cccnc12.CC1(C)OB(c2cccc(-c3cnc4c(c3)c3ccccc3c3cccnc34)c2)OC1(C)C.CC1(C)OB(c2cccc(B3OC(C)(C)C(C)(C)O3)c2)OC1(C)C. The molecule has 3 saturated heterocycles. The molecule has 0 aliphatic carbocycles. The molecule has 0 radical (unpaired) electrons. The van der Waals surface area contributed by atoms with Gasteiger partial charge in [-0.3, -0.25) is 19.9 Å². The summed E-state index contributed by atoms with van der Waals surface area (Å²) in [5.41, 5.74) is 6.77. The number of halogens is 1. The molecule has 0 amide bonds. The maximum absolute atomic E-state index is 6.27. The lowest BCUT2D eigenvalue weighted by atomic mass is 9.72. The van der Waals surface area contributed by atoms with Crippen LogP contribution in [0.5, 0.6) is 0 Å². The normalized spacial score (nSPS) is 18.8. The number of rotatable bonds is 4. The Bertz CT molecular complexity index is 3720. The van der Waals surface area contributed by atoms with Crippen molar-refractivity contribution in [2.24, 2.45) is 0 Å². The molecule has 3 fully saturated rings. The van der Waals surface area contributed by atoms with E-state index in [2.05, 4.69) is 217 Å². The van der Waals surface area contributed by atoms with Crippen molar-refractivity contribution in [3.63, 3.8) is 0 Å². The Hall–Kier alpha value is -6.09. The highest BCUT2D eigenvalue weighted by Gasteiger charge is 2.54. The predicted octanol–water partition coefficient (Wildman–Crippen LogP) is 12.9. The molecule has 0 N–H and O–H groups in total. The number of hydrogen-bond acceptors (Lipinski definition) is 10. The zero-order valence-corrected chi connectivity index (χ0v) is 46.9. The molecule has 0 bridgehead atoms. The van der Waals surface area contributed by atoms with Gasteiger partial charge in [-0.1, -0.05) is 109 Å². The van der Waals surface area contributed by atoms with E-state index in [4.69, 9.17) is 32.9 Å². The van der Waals surface area contributed by atoms with Crippen molar-refractivity contribution >= 4 is 119 Å². The van der Waals surface area contributed by atoms with Crippen LogP contribution >= 0.6 is 15.9 Å². The standard InChI is InChI=1S/C28H25BN2O2.C18H28B2O4.C16H9BrN2/c1-27(2)28(3,4)33-29(32-27)20-10-7-9-18(15-20)19-16-24-22-12-6-5-11-21(22)23-13-8-14-30-25(23)26(24)31-17-19;1-15(2)16(3,4)22-19(21-15)13-10-9-11-14(12-13)20-23-17(5,6)18(7,8)24-20;17-10-8-14-12-5-2-1-4-11(12)13-6-3-7-18-15(13)16(14)19-9-10/h5-17H,1-4H3;9-12H,1-8H3;1-9H. The molecule has 10 aromatic rings. The van der Waals surface area contributed by atoms with Crippen LogP contribution in [0.2, 0.25) is 0 Å². The van der Waals surface area contributed by atoms with Gasteiger partial charge < -0.3 is 27.9 Å². The fraction of sp³-hybridized carbons (Fsp3) is 0.290. The van der Waals surface area contributed by atoms with Gasteiger partial charge in [-0.25, -0.2) is 0 Å². The minimum atomic E-state index is -0.391. The molecular weight excluding hydrogens is 1010 g/mol. The second kappa shape index (κ2) is 19.1. The summed E-state index contributed by atoms with van der Waals surface area (Å²) in [4.78, 5) is 18.6. The average molecular weight is 1070 g/mol. The Balaban J connectivity index is 0.000000127. The highest BCUT2D eigenvalue weighted by atomic mass is 79.9. The largest absolute Gasteiger partial charge is 0.494 e. The van der Waals surface area contributed by atoms with E-state index in [1.54, 1.807) is 0 Å². The molecule has 6 aromatic carbocycles. The number of aromatic nitrogens is 4. The number of nitrogens with zero attached hydrogens (tertiary/aromatic N) is 4. The minimum absolute atomic E-state index is 0.349. The first-order chi connectivity index (χ1) is 36.0. The van der Waals surface area contributed by atoms with Crippen LogP contribution in [0.1, 0.15) is 83.1 Å². The first kappa shape index (κ1) is 52.0. The van der Waals surface area contributed by atoms with E-state index >= 15 is 0 Å². The Labute approximate surface area is 454 Å². The minimum Gasteiger partial charge on any atom is -0.399 e. The van der Waals surface area contributed by atoms with Crippen molar-refractivity contribution in [2.75, 3.05) is 0 Å². The van der Waals surface area contributed by atoms with E-state index in [1.807, 2.05) is 55.1 Å². The Kier molecular flexibility index (Phi) is 13.1. The maximum atomic E-state index is 6.27. The first-order valence-corrected chi connectivity index (χ1v) is 26.9. The van der Waals surface area contributed by atoms with Crippen molar-refractivity contribution < 1.29 is 27.9 Å². The van der Waals surface area contributed by atoms with E-state index in [-0.39, 0.29) is 47.8 Å². The van der Waals surface area contributed by atoms with Gasteiger partial charge in [0.1, 0.15) is 0 Å². The van der Waals surface area contributed by atoms with Crippen LogP contribution in [-0.2, 0) is 27.9 Å². The van der Waals surface area contributed by atoms with Gasteiger partial charge in [0, 0.05) is 56.4 Å². The summed E-state index contributed by atoms with van der Waals surface area (Å²) in [6.07, 6.45) is 7.42. The molecule has 0 atom stereocenters. The third-order valence-electron chi connectivity index (χ3n) is 16.5. The van der Waals surface area contributed by atoms with Crippen LogP contribution in [0.15, 0.2) is 163 Å². The van der Waals surface area contributed by atoms with Crippen molar-refractivity contribution in [1.82, 2.24) is 19.9 Å². The molecule has 0 unspecified atom stereocenters. The van der Waals surface area contributed by atoms with Crippen molar-refractivity contribution in [1.29, 1.82) is 0 Å². The molecule has 13 rings (SSSR count). The van der Waals surface area contributed by atoms with Crippen LogP contribution in [0.4, 0.5) is 0 Å². The smallest absolute Gasteiger partial charge is 0.399 e. The Morgan fingerprint density at radius 1 is 0.316 bits per heavy atom. The van der Waals surface area contributed by atoms with Gasteiger partial charge in [0.05, 0.1) is 55.7 Å². The van der Waals surface area contributed by atoms with Crippen molar-refractivity contribution in [3.8, 4) is 11.1 Å². The fourth-order valence-electron chi connectivity index (χ4n) is 10.0. The fourth-order valence-corrected chi connectivity index (χ4v) is 10.4. The summed E-state index contributed by atoms with van der Waals surface area (Å²) in [6, 6.07) is 45.9. The second-order valence-corrected chi connectivity index (χ2v) is 24.0. The van der Waals surface area contributed by atoms with E-state index in [9.17, 15) is 0 Å². The molecule has 10 nitrogen and oxygen atoms in total. The third-order valence-corrected chi connectivity index (χ3v) is 17.0. The molecule has 76 heavy (non-hydrogen) atoms. The van der Waals surface area contributed by atoms with E-state index < -0.39 is 7.12 Å². The zero-order valence-electron chi connectivity index (χ0n) is 45.4. The molecule has 3 aliphatic heterocycles. The van der Waals surface area contributed by atoms with Crippen LogP contribution in [0.3, 0.4) is 0 Å². The van der Waals surface area contributed by atoms with E-state index in [0.29, 0.717) is 0 Å². The van der Waals surface area contributed by atoms with Crippen molar-refractivity contribution in [2.45, 2.75) is 117 Å². The zero-order chi connectivity index (χ0) is 53.6. The van der Waals surface area contributed by atoms with Crippen LogP contribution in [0, 0.1) is 0 Å². The molecular formula is C62H62B3BrN4O6. The summed E-state index contributed by atoms with van der Waals surface area (Å²) in [7, 11) is -1.15. The lowest BCUT2D eigenvalue weighted by Crippen LogP contribution is -2.41. The Morgan fingerprint density at radius 2 is 0.658 bits per heavy atom.